The van der Waals surface area contributed by atoms with Gasteiger partial charge < -0.3 is 5.32 Å². The lowest BCUT2D eigenvalue weighted by atomic mass is 10.2. The molecule has 5 heteroatoms. The number of hydrogen-bond donors (Lipinski definition) is 1. The number of aldehydes is 1. The van der Waals surface area contributed by atoms with Crippen molar-refractivity contribution in [2.24, 2.45) is 0 Å². The van der Waals surface area contributed by atoms with Crippen LogP contribution in [0.1, 0.15) is 10.4 Å². The number of carbonyl (C=O) groups is 1. The quantitative estimate of drug-likeness (QED) is 0.829. The van der Waals surface area contributed by atoms with Crippen molar-refractivity contribution in [3.8, 4) is 0 Å². The molecule has 80 valence electrons. The molecule has 1 N–H and O–H groups in total. The number of anilines is 2. The number of benzene rings is 1. The van der Waals surface area contributed by atoms with Crippen molar-refractivity contribution in [3.05, 3.63) is 47.4 Å². The summed E-state index contributed by atoms with van der Waals surface area (Å²) >= 11 is 5.86. The van der Waals surface area contributed by atoms with E-state index in [4.69, 9.17) is 11.6 Å². The Morgan fingerprint density at radius 2 is 2.19 bits per heavy atom. The predicted molar refractivity (Wildman–Crippen MR) is 62.2 cm³/mol. The molecule has 2 rings (SSSR count). The first-order valence-corrected chi connectivity index (χ1v) is 4.94. The lowest BCUT2D eigenvalue weighted by molar-refractivity contribution is 0.112. The molecule has 0 amide bonds. The maximum atomic E-state index is 10.7. The zero-order valence-electron chi connectivity index (χ0n) is 8.22. The van der Waals surface area contributed by atoms with Gasteiger partial charge in [-0.2, -0.15) is 0 Å². The molecule has 1 aromatic carbocycles. The molecule has 0 aliphatic rings. The molecular formula is C11H8ClN3O. The summed E-state index contributed by atoms with van der Waals surface area (Å²) in [6.07, 6.45) is 3.81. The first kappa shape index (κ1) is 10.6. The van der Waals surface area contributed by atoms with Crippen LogP contribution in [-0.2, 0) is 0 Å². The second kappa shape index (κ2) is 4.72. The van der Waals surface area contributed by atoms with Crippen LogP contribution in [0.4, 0.5) is 11.5 Å². The Kier molecular flexibility index (Phi) is 3.12. The van der Waals surface area contributed by atoms with Crippen LogP contribution >= 0.6 is 11.6 Å². The van der Waals surface area contributed by atoms with Crippen LogP contribution in [0, 0.1) is 0 Å². The lowest BCUT2D eigenvalue weighted by Crippen LogP contribution is -1.94. The first-order valence-electron chi connectivity index (χ1n) is 4.57. The van der Waals surface area contributed by atoms with E-state index in [0.717, 1.165) is 6.29 Å². The van der Waals surface area contributed by atoms with Crippen LogP contribution in [0.3, 0.4) is 0 Å². The molecule has 0 atom stereocenters. The fourth-order valence-electron chi connectivity index (χ4n) is 1.27. The molecule has 0 bridgehead atoms. The van der Waals surface area contributed by atoms with Crippen molar-refractivity contribution in [3.63, 3.8) is 0 Å². The van der Waals surface area contributed by atoms with Gasteiger partial charge in [-0.3, -0.25) is 4.79 Å². The highest BCUT2D eigenvalue weighted by Crippen LogP contribution is 2.20. The van der Waals surface area contributed by atoms with Gasteiger partial charge in [-0.1, -0.05) is 11.6 Å². The van der Waals surface area contributed by atoms with Crippen molar-refractivity contribution >= 4 is 29.4 Å². The Morgan fingerprint density at radius 3 is 2.88 bits per heavy atom. The van der Waals surface area contributed by atoms with E-state index in [0.29, 0.717) is 22.1 Å². The summed E-state index contributed by atoms with van der Waals surface area (Å²) in [6, 6.07) is 6.73. The molecule has 0 aliphatic heterocycles. The molecule has 1 aromatic heterocycles. The maximum absolute atomic E-state index is 10.7. The van der Waals surface area contributed by atoms with E-state index in [9.17, 15) is 4.79 Å². The van der Waals surface area contributed by atoms with Crippen molar-refractivity contribution in [2.75, 3.05) is 5.32 Å². The van der Waals surface area contributed by atoms with E-state index in [1.807, 2.05) is 0 Å². The third-order valence-corrected chi connectivity index (χ3v) is 2.13. The van der Waals surface area contributed by atoms with Gasteiger partial charge in [0.05, 0.1) is 0 Å². The molecule has 0 saturated heterocycles. The van der Waals surface area contributed by atoms with E-state index in [1.54, 1.807) is 30.5 Å². The monoisotopic (exact) mass is 233 g/mol. The maximum Gasteiger partial charge on any atom is 0.150 e. The minimum absolute atomic E-state index is 0.501. The summed E-state index contributed by atoms with van der Waals surface area (Å²) in [5, 5.41) is 3.53. The van der Waals surface area contributed by atoms with Gasteiger partial charge >= 0.3 is 0 Å². The summed E-state index contributed by atoms with van der Waals surface area (Å²) in [5.74, 6) is 0.647. The fourth-order valence-corrected chi connectivity index (χ4v) is 1.51. The van der Waals surface area contributed by atoms with Gasteiger partial charge in [0.1, 0.15) is 18.4 Å². The summed E-state index contributed by atoms with van der Waals surface area (Å²) in [5.41, 5.74) is 1.23. The average Bonchev–Trinajstić information content (AvgIpc) is 2.29. The summed E-state index contributed by atoms with van der Waals surface area (Å²) in [7, 11) is 0. The Labute approximate surface area is 97.3 Å². The first-order chi connectivity index (χ1) is 7.78. The largest absolute Gasteiger partial charge is 0.340 e. The molecule has 0 fully saturated rings. The third kappa shape index (κ3) is 2.55. The highest BCUT2D eigenvalue weighted by molar-refractivity contribution is 6.31. The van der Waals surface area contributed by atoms with Gasteiger partial charge in [0.2, 0.25) is 0 Å². The standard InChI is InChI=1S/C11H8ClN3O/c12-9-3-8(6-16)4-10(5-9)15-11-1-2-13-7-14-11/h1-7H,(H,13,14,15). The second-order valence-electron chi connectivity index (χ2n) is 3.11. The zero-order valence-corrected chi connectivity index (χ0v) is 8.98. The average molecular weight is 234 g/mol. The zero-order chi connectivity index (χ0) is 11.4. The topological polar surface area (TPSA) is 54.9 Å². The van der Waals surface area contributed by atoms with Crippen LogP contribution in [0.15, 0.2) is 36.8 Å². The molecule has 0 radical (unpaired) electrons. The van der Waals surface area contributed by atoms with Crippen molar-refractivity contribution < 1.29 is 4.79 Å². The Bertz CT molecular complexity index is 502. The van der Waals surface area contributed by atoms with Gasteiger partial charge in [-0.05, 0) is 24.3 Å². The molecule has 16 heavy (non-hydrogen) atoms. The van der Waals surface area contributed by atoms with E-state index in [1.165, 1.54) is 6.33 Å². The molecule has 0 spiro atoms. The van der Waals surface area contributed by atoms with Crippen LogP contribution in [0.2, 0.25) is 5.02 Å². The fraction of sp³-hybridized carbons (Fsp3) is 0. The van der Waals surface area contributed by atoms with Crippen LogP contribution in [0.25, 0.3) is 0 Å². The number of carbonyl (C=O) groups excluding carboxylic acids is 1. The molecule has 1 heterocycles. The van der Waals surface area contributed by atoms with Gasteiger partial charge in [0.15, 0.2) is 0 Å². The lowest BCUT2D eigenvalue weighted by Gasteiger charge is -2.05. The van der Waals surface area contributed by atoms with Crippen molar-refractivity contribution in [2.45, 2.75) is 0 Å². The van der Waals surface area contributed by atoms with Gasteiger partial charge in [0, 0.05) is 22.5 Å². The predicted octanol–water partition coefficient (Wildman–Crippen LogP) is 2.69. The molecule has 0 saturated carbocycles. The van der Waals surface area contributed by atoms with Crippen LogP contribution in [0.5, 0.6) is 0 Å². The highest BCUT2D eigenvalue weighted by Gasteiger charge is 2.00. The smallest absolute Gasteiger partial charge is 0.150 e. The molecular weight excluding hydrogens is 226 g/mol. The van der Waals surface area contributed by atoms with Crippen molar-refractivity contribution in [1.82, 2.24) is 9.97 Å². The molecule has 0 aliphatic carbocycles. The van der Waals surface area contributed by atoms with Gasteiger partial charge in [-0.15, -0.1) is 0 Å². The normalized spacial score (nSPS) is 9.81. The van der Waals surface area contributed by atoms with E-state index in [-0.39, 0.29) is 0 Å². The minimum Gasteiger partial charge on any atom is -0.340 e. The summed E-state index contributed by atoms with van der Waals surface area (Å²) in [6.45, 7) is 0. The number of hydrogen-bond acceptors (Lipinski definition) is 4. The Hall–Kier alpha value is -1.94. The second-order valence-corrected chi connectivity index (χ2v) is 3.55. The number of nitrogens with one attached hydrogen (secondary N) is 1. The van der Waals surface area contributed by atoms with Crippen molar-refractivity contribution in [1.29, 1.82) is 0 Å². The van der Waals surface area contributed by atoms with Crippen LogP contribution in [-0.4, -0.2) is 16.3 Å². The summed E-state index contributed by atoms with van der Waals surface area (Å²) < 4.78 is 0. The number of aromatic nitrogens is 2. The molecule has 4 nitrogen and oxygen atoms in total. The van der Waals surface area contributed by atoms with E-state index < -0.39 is 0 Å². The number of rotatable bonds is 3. The Balaban J connectivity index is 2.28. The SMILES string of the molecule is O=Cc1cc(Cl)cc(Nc2ccncn2)c1. The highest BCUT2D eigenvalue weighted by atomic mass is 35.5. The van der Waals surface area contributed by atoms with E-state index >= 15 is 0 Å². The summed E-state index contributed by atoms with van der Waals surface area (Å²) in [4.78, 5) is 18.5. The van der Waals surface area contributed by atoms with Gasteiger partial charge in [-0.25, -0.2) is 9.97 Å². The molecule has 2 aromatic rings. The number of halogens is 1. The van der Waals surface area contributed by atoms with Gasteiger partial charge in [0.25, 0.3) is 0 Å². The number of nitrogens with zero attached hydrogens (tertiary/aromatic N) is 2. The van der Waals surface area contributed by atoms with E-state index in [2.05, 4.69) is 15.3 Å². The molecule has 0 unspecified atom stereocenters. The van der Waals surface area contributed by atoms with Crippen LogP contribution < -0.4 is 5.32 Å². The third-order valence-electron chi connectivity index (χ3n) is 1.91. The Morgan fingerprint density at radius 1 is 1.31 bits per heavy atom. The minimum atomic E-state index is 0.501.